The van der Waals surface area contributed by atoms with Gasteiger partial charge in [0.15, 0.2) is 0 Å². The predicted molar refractivity (Wildman–Crippen MR) is 116 cm³/mol. The van der Waals surface area contributed by atoms with Crippen molar-refractivity contribution in [2.75, 3.05) is 7.11 Å². The number of nitrogens with zero attached hydrogens (tertiary/aromatic N) is 1. The maximum atomic E-state index is 5.59. The number of hydrogen-bond acceptors (Lipinski definition) is 2. The van der Waals surface area contributed by atoms with E-state index in [0.29, 0.717) is 0 Å². The zero-order valence-corrected chi connectivity index (χ0v) is 17.1. The van der Waals surface area contributed by atoms with Gasteiger partial charge in [-0.2, -0.15) is 0 Å². The maximum absolute atomic E-state index is 5.59. The van der Waals surface area contributed by atoms with Crippen molar-refractivity contribution in [3.05, 3.63) is 94.8 Å². The topological polar surface area (TPSA) is 12.5 Å². The molecule has 0 saturated carbocycles. The fourth-order valence-electron chi connectivity index (χ4n) is 3.89. The van der Waals surface area contributed by atoms with Gasteiger partial charge in [-0.1, -0.05) is 43.0 Å². The Morgan fingerprint density at radius 3 is 2.67 bits per heavy atom. The quantitative estimate of drug-likeness (QED) is 0.600. The van der Waals surface area contributed by atoms with Gasteiger partial charge in [0, 0.05) is 17.5 Å². The second kappa shape index (κ2) is 7.48. The minimum Gasteiger partial charge on any atom is -0.496 e. The van der Waals surface area contributed by atoms with E-state index in [1.54, 1.807) is 7.11 Å². The largest absolute Gasteiger partial charge is 0.496 e. The van der Waals surface area contributed by atoms with Gasteiger partial charge < -0.3 is 9.64 Å². The maximum Gasteiger partial charge on any atom is 0.122 e. The van der Waals surface area contributed by atoms with Crippen molar-refractivity contribution in [1.82, 2.24) is 4.90 Å². The molecule has 0 spiro atoms. The van der Waals surface area contributed by atoms with E-state index in [4.69, 9.17) is 4.74 Å². The summed E-state index contributed by atoms with van der Waals surface area (Å²) < 4.78 is 5.59. The monoisotopic (exact) mass is 359 g/mol. The molecule has 0 amide bonds. The molecule has 3 rings (SSSR count). The van der Waals surface area contributed by atoms with Crippen LogP contribution in [0.15, 0.2) is 78.1 Å². The van der Waals surface area contributed by atoms with Crippen LogP contribution in [0.4, 0.5) is 0 Å². The number of hydrogen-bond donors (Lipinski definition) is 0. The Morgan fingerprint density at radius 2 is 2.04 bits per heavy atom. The molecule has 1 aromatic carbocycles. The second-order valence-electron chi connectivity index (χ2n) is 7.42. The number of fused-ring (bicyclic) bond motifs is 3. The standard InChI is InChI=1S/C25H29NO/c1-8-9-10-17(4)23-13-20-11-19(6)25(27-7)14-21(20)24-12-18(5)22(16(2)3)15-26(23)24/h8-12,14-15,23H,2,5,13H2,1,3-4,6-7H3/b9-8-,17-10+. The third-order valence-electron chi connectivity index (χ3n) is 5.39. The van der Waals surface area contributed by atoms with Gasteiger partial charge in [0.2, 0.25) is 0 Å². The van der Waals surface area contributed by atoms with Crippen LogP contribution < -0.4 is 4.74 Å². The molecule has 2 heteroatoms. The molecule has 1 aromatic rings. The molecule has 1 atom stereocenters. The van der Waals surface area contributed by atoms with Gasteiger partial charge in [-0.15, -0.1) is 0 Å². The Balaban J connectivity index is 2.20. The molecule has 0 bridgehead atoms. The van der Waals surface area contributed by atoms with Crippen LogP contribution in [0.3, 0.4) is 0 Å². The Kier molecular flexibility index (Phi) is 5.27. The average molecular weight is 360 g/mol. The highest BCUT2D eigenvalue weighted by Gasteiger charge is 2.32. The molecule has 0 fully saturated rings. The van der Waals surface area contributed by atoms with Gasteiger partial charge in [-0.25, -0.2) is 0 Å². The smallest absolute Gasteiger partial charge is 0.122 e. The molecule has 0 aromatic heterocycles. The minimum absolute atomic E-state index is 0.273. The summed E-state index contributed by atoms with van der Waals surface area (Å²) in [4.78, 5) is 2.38. The summed E-state index contributed by atoms with van der Waals surface area (Å²) in [5, 5.41) is 0. The summed E-state index contributed by atoms with van der Waals surface area (Å²) in [5.74, 6) is 0.925. The van der Waals surface area contributed by atoms with Gasteiger partial charge in [0.05, 0.1) is 13.2 Å². The van der Waals surface area contributed by atoms with Crippen LogP contribution in [-0.4, -0.2) is 18.1 Å². The highest BCUT2D eigenvalue weighted by Crippen LogP contribution is 2.42. The van der Waals surface area contributed by atoms with Crippen LogP contribution >= 0.6 is 0 Å². The molecule has 2 nitrogen and oxygen atoms in total. The Labute approximate surface area is 163 Å². The van der Waals surface area contributed by atoms with Gasteiger partial charge in [-0.3, -0.25) is 0 Å². The normalized spacial score (nSPS) is 19.4. The summed E-state index contributed by atoms with van der Waals surface area (Å²) in [5.41, 5.74) is 9.44. The van der Waals surface area contributed by atoms with E-state index in [0.717, 1.165) is 28.9 Å². The van der Waals surface area contributed by atoms with Crippen LogP contribution in [0, 0.1) is 6.92 Å². The van der Waals surface area contributed by atoms with E-state index in [-0.39, 0.29) is 6.04 Å². The van der Waals surface area contributed by atoms with E-state index >= 15 is 0 Å². The lowest BCUT2D eigenvalue weighted by molar-refractivity contribution is 0.398. The van der Waals surface area contributed by atoms with Crippen LogP contribution in [0.2, 0.25) is 0 Å². The molecule has 2 heterocycles. The summed E-state index contributed by atoms with van der Waals surface area (Å²) in [6, 6.07) is 4.70. The van der Waals surface area contributed by atoms with Crippen molar-refractivity contribution in [2.24, 2.45) is 0 Å². The Bertz CT molecular complexity index is 924. The number of ether oxygens (including phenoxy) is 1. The Hall–Kier alpha value is -2.74. The van der Waals surface area contributed by atoms with Crippen LogP contribution in [0.25, 0.3) is 5.70 Å². The van der Waals surface area contributed by atoms with Crippen molar-refractivity contribution in [3.8, 4) is 5.75 Å². The third kappa shape index (κ3) is 3.44. The van der Waals surface area contributed by atoms with Crippen molar-refractivity contribution in [3.63, 3.8) is 0 Å². The molecule has 2 aliphatic heterocycles. The summed E-state index contributed by atoms with van der Waals surface area (Å²) >= 11 is 0. The number of methoxy groups -OCH3 is 1. The van der Waals surface area contributed by atoms with Gasteiger partial charge in [-0.05, 0) is 74.1 Å². The van der Waals surface area contributed by atoms with Crippen LogP contribution in [-0.2, 0) is 6.42 Å². The van der Waals surface area contributed by atoms with Gasteiger partial charge in [0.25, 0.3) is 0 Å². The fourth-order valence-corrected chi connectivity index (χ4v) is 3.89. The first-order valence-corrected chi connectivity index (χ1v) is 9.41. The van der Waals surface area contributed by atoms with Crippen molar-refractivity contribution in [2.45, 2.75) is 40.2 Å². The molecule has 0 radical (unpaired) electrons. The molecular formula is C25H29NO. The van der Waals surface area contributed by atoms with Crippen molar-refractivity contribution in [1.29, 1.82) is 0 Å². The highest BCUT2D eigenvalue weighted by atomic mass is 16.5. The number of benzene rings is 1. The first-order chi connectivity index (χ1) is 12.9. The fraction of sp³-hybridized carbons (Fsp3) is 0.280. The summed E-state index contributed by atoms with van der Waals surface area (Å²) in [7, 11) is 1.73. The van der Waals surface area contributed by atoms with Crippen LogP contribution in [0.1, 0.15) is 37.5 Å². The van der Waals surface area contributed by atoms with E-state index in [2.05, 4.69) is 74.5 Å². The molecule has 27 heavy (non-hydrogen) atoms. The molecule has 2 aliphatic rings. The van der Waals surface area contributed by atoms with Crippen LogP contribution in [0.5, 0.6) is 5.75 Å². The van der Waals surface area contributed by atoms with Crippen molar-refractivity contribution < 1.29 is 4.74 Å². The zero-order chi connectivity index (χ0) is 19.7. The lowest BCUT2D eigenvalue weighted by atomic mass is 9.84. The van der Waals surface area contributed by atoms with E-state index < -0.39 is 0 Å². The zero-order valence-electron chi connectivity index (χ0n) is 17.1. The minimum atomic E-state index is 0.273. The molecule has 0 aliphatic carbocycles. The molecular weight excluding hydrogens is 330 g/mol. The van der Waals surface area contributed by atoms with E-state index in [9.17, 15) is 0 Å². The van der Waals surface area contributed by atoms with E-state index in [1.807, 2.05) is 13.8 Å². The first-order valence-electron chi connectivity index (χ1n) is 9.41. The highest BCUT2D eigenvalue weighted by molar-refractivity contribution is 5.78. The summed E-state index contributed by atoms with van der Waals surface area (Å²) in [6.45, 7) is 16.8. The lowest BCUT2D eigenvalue weighted by Gasteiger charge is -2.42. The molecule has 1 unspecified atom stereocenters. The van der Waals surface area contributed by atoms with Crippen molar-refractivity contribution >= 4 is 5.70 Å². The third-order valence-corrected chi connectivity index (χ3v) is 5.39. The lowest BCUT2D eigenvalue weighted by Crippen LogP contribution is -2.38. The SMILES string of the molecule is C=C(C)C1=CN2C(=CC1=C)c1cc(OC)c(C)cc1CC2/C(C)=C/C=C\C. The second-order valence-corrected chi connectivity index (χ2v) is 7.42. The molecule has 0 saturated heterocycles. The summed E-state index contributed by atoms with van der Waals surface area (Å²) in [6.07, 6.45) is 11.8. The first kappa shape index (κ1) is 19.0. The van der Waals surface area contributed by atoms with Gasteiger partial charge in [0.1, 0.15) is 5.75 Å². The molecule has 0 N–H and O–H groups in total. The average Bonchev–Trinajstić information content (AvgIpc) is 2.64. The number of aryl methyl sites for hydroxylation is 1. The Morgan fingerprint density at radius 1 is 1.30 bits per heavy atom. The van der Waals surface area contributed by atoms with E-state index in [1.165, 1.54) is 28.0 Å². The predicted octanol–water partition coefficient (Wildman–Crippen LogP) is 6.12. The van der Waals surface area contributed by atoms with Gasteiger partial charge >= 0.3 is 0 Å². The molecule has 140 valence electrons. The number of allylic oxidation sites excluding steroid dienone is 7. The number of rotatable bonds is 4.